The van der Waals surface area contributed by atoms with Gasteiger partial charge in [-0.25, -0.2) is 4.79 Å². The van der Waals surface area contributed by atoms with Gasteiger partial charge >= 0.3 is 5.97 Å². The number of amides is 1. The number of unbranched alkanes of at least 4 members (excludes halogenated alkanes) is 1. The van der Waals surface area contributed by atoms with Crippen LogP contribution in [0.1, 0.15) is 59.8 Å². The summed E-state index contributed by atoms with van der Waals surface area (Å²) in [6.07, 6.45) is 3.62. The normalized spacial score (nSPS) is 14.3. The lowest BCUT2D eigenvalue weighted by Gasteiger charge is -2.20. The van der Waals surface area contributed by atoms with Gasteiger partial charge in [-0.1, -0.05) is 47.0 Å². The monoisotopic (exact) mass is 257 g/mol. The summed E-state index contributed by atoms with van der Waals surface area (Å²) in [5, 5.41) is 11.7. The van der Waals surface area contributed by atoms with E-state index in [1.165, 1.54) is 0 Å². The van der Waals surface area contributed by atoms with Crippen molar-refractivity contribution in [1.82, 2.24) is 5.32 Å². The summed E-state index contributed by atoms with van der Waals surface area (Å²) in [5.41, 5.74) is 0. The topological polar surface area (TPSA) is 66.4 Å². The molecule has 0 aliphatic heterocycles. The fourth-order valence-corrected chi connectivity index (χ4v) is 2.01. The summed E-state index contributed by atoms with van der Waals surface area (Å²) in [5.74, 6) is -0.307. The Morgan fingerprint density at radius 1 is 1.22 bits per heavy atom. The van der Waals surface area contributed by atoms with Crippen LogP contribution in [0.5, 0.6) is 0 Å². The molecule has 18 heavy (non-hydrogen) atoms. The van der Waals surface area contributed by atoms with E-state index in [1.807, 2.05) is 6.92 Å². The molecule has 0 saturated heterocycles. The van der Waals surface area contributed by atoms with Crippen LogP contribution in [0.2, 0.25) is 0 Å². The average Bonchev–Trinajstić information content (AvgIpc) is 2.30. The Morgan fingerprint density at radius 3 is 2.22 bits per heavy atom. The van der Waals surface area contributed by atoms with E-state index in [0.717, 1.165) is 19.3 Å². The van der Waals surface area contributed by atoms with Crippen LogP contribution >= 0.6 is 0 Å². The maximum absolute atomic E-state index is 11.8. The van der Waals surface area contributed by atoms with Gasteiger partial charge in [-0.15, -0.1) is 0 Å². The van der Waals surface area contributed by atoms with Crippen molar-refractivity contribution in [3.8, 4) is 0 Å². The highest BCUT2D eigenvalue weighted by atomic mass is 16.4. The van der Waals surface area contributed by atoms with Crippen LogP contribution < -0.4 is 5.32 Å². The lowest BCUT2D eigenvalue weighted by Crippen LogP contribution is -2.41. The number of hydrogen-bond acceptors (Lipinski definition) is 2. The zero-order chi connectivity index (χ0) is 14.1. The molecule has 1 amide bonds. The predicted octanol–water partition coefficient (Wildman–Crippen LogP) is 2.82. The number of carbonyl (C=O) groups is 2. The summed E-state index contributed by atoms with van der Waals surface area (Å²) < 4.78 is 0. The minimum Gasteiger partial charge on any atom is -0.480 e. The quantitative estimate of drug-likeness (QED) is 0.667. The van der Waals surface area contributed by atoms with Crippen LogP contribution in [-0.4, -0.2) is 23.0 Å². The first kappa shape index (κ1) is 16.9. The maximum Gasteiger partial charge on any atom is 0.326 e. The Morgan fingerprint density at radius 2 is 1.83 bits per heavy atom. The summed E-state index contributed by atoms with van der Waals surface area (Å²) >= 11 is 0. The summed E-state index contributed by atoms with van der Waals surface area (Å²) in [4.78, 5) is 22.8. The molecule has 2 atom stereocenters. The number of aliphatic carboxylic acids is 1. The lowest BCUT2D eigenvalue weighted by atomic mass is 9.90. The van der Waals surface area contributed by atoms with Crippen LogP contribution in [0.15, 0.2) is 0 Å². The van der Waals surface area contributed by atoms with Gasteiger partial charge in [0.25, 0.3) is 0 Å². The number of nitrogens with one attached hydrogen (secondary N) is 1. The Balaban J connectivity index is 4.28. The van der Waals surface area contributed by atoms with Gasteiger partial charge in [0, 0.05) is 6.42 Å². The van der Waals surface area contributed by atoms with Gasteiger partial charge in [0.15, 0.2) is 0 Å². The molecule has 0 spiro atoms. The van der Waals surface area contributed by atoms with E-state index in [0.29, 0.717) is 24.7 Å². The van der Waals surface area contributed by atoms with Crippen molar-refractivity contribution < 1.29 is 14.7 Å². The highest BCUT2D eigenvalue weighted by Crippen LogP contribution is 2.18. The second-order valence-electron chi connectivity index (χ2n) is 5.22. The number of carboxylic acid groups (broad SMARTS) is 1. The highest BCUT2D eigenvalue weighted by Gasteiger charge is 2.21. The second-order valence-corrected chi connectivity index (χ2v) is 5.22. The van der Waals surface area contributed by atoms with E-state index >= 15 is 0 Å². The van der Waals surface area contributed by atoms with Crippen molar-refractivity contribution in [2.75, 3.05) is 0 Å². The molecule has 0 fully saturated rings. The molecule has 0 aromatic heterocycles. The SMILES string of the molecule is CCCC[C@H](NC(=O)CC(CC)C(C)C)C(=O)O. The van der Waals surface area contributed by atoms with Crippen molar-refractivity contribution in [1.29, 1.82) is 0 Å². The van der Waals surface area contributed by atoms with E-state index in [2.05, 4.69) is 26.1 Å². The fourth-order valence-electron chi connectivity index (χ4n) is 2.01. The largest absolute Gasteiger partial charge is 0.480 e. The van der Waals surface area contributed by atoms with Crippen molar-refractivity contribution in [2.45, 2.75) is 65.8 Å². The van der Waals surface area contributed by atoms with E-state index < -0.39 is 12.0 Å². The molecule has 4 heteroatoms. The zero-order valence-electron chi connectivity index (χ0n) is 12.0. The minimum atomic E-state index is -0.936. The smallest absolute Gasteiger partial charge is 0.326 e. The van der Waals surface area contributed by atoms with Gasteiger partial charge in [0.1, 0.15) is 6.04 Å². The summed E-state index contributed by atoms with van der Waals surface area (Å²) in [6.45, 7) is 8.25. The molecule has 0 heterocycles. The molecule has 106 valence electrons. The third kappa shape index (κ3) is 6.62. The fraction of sp³-hybridized carbons (Fsp3) is 0.857. The second kappa shape index (κ2) is 8.95. The molecule has 0 radical (unpaired) electrons. The molecular weight excluding hydrogens is 230 g/mol. The van der Waals surface area contributed by atoms with Gasteiger partial charge in [0.2, 0.25) is 5.91 Å². The Bertz CT molecular complexity index is 264. The van der Waals surface area contributed by atoms with E-state index in [4.69, 9.17) is 5.11 Å². The molecule has 0 bridgehead atoms. The van der Waals surface area contributed by atoms with Gasteiger partial charge < -0.3 is 10.4 Å². The number of hydrogen-bond donors (Lipinski definition) is 2. The van der Waals surface area contributed by atoms with Gasteiger partial charge in [-0.3, -0.25) is 4.79 Å². The van der Waals surface area contributed by atoms with E-state index in [-0.39, 0.29) is 5.91 Å². The van der Waals surface area contributed by atoms with Crippen LogP contribution in [0.4, 0.5) is 0 Å². The van der Waals surface area contributed by atoms with Crippen LogP contribution in [0, 0.1) is 11.8 Å². The van der Waals surface area contributed by atoms with E-state index in [9.17, 15) is 9.59 Å². The first-order chi connectivity index (χ1) is 8.42. The van der Waals surface area contributed by atoms with E-state index in [1.54, 1.807) is 0 Å². The van der Waals surface area contributed by atoms with Crippen molar-refractivity contribution >= 4 is 11.9 Å². The zero-order valence-corrected chi connectivity index (χ0v) is 12.0. The molecule has 2 N–H and O–H groups in total. The standard InChI is InChI=1S/C14H27NO3/c1-5-7-8-12(14(17)18)15-13(16)9-11(6-2)10(3)4/h10-12H,5-9H2,1-4H3,(H,15,16)(H,17,18)/t11?,12-/m0/s1. The molecule has 1 unspecified atom stereocenters. The molecule has 0 aromatic rings. The van der Waals surface area contributed by atoms with Gasteiger partial charge in [0.05, 0.1) is 0 Å². The molecule has 0 aromatic carbocycles. The molecule has 0 rings (SSSR count). The molecule has 4 nitrogen and oxygen atoms in total. The summed E-state index contributed by atoms with van der Waals surface area (Å²) in [6, 6.07) is -0.734. The van der Waals surface area contributed by atoms with Gasteiger partial charge in [-0.2, -0.15) is 0 Å². The van der Waals surface area contributed by atoms with Crippen LogP contribution in [0.3, 0.4) is 0 Å². The molecule has 0 saturated carbocycles. The van der Waals surface area contributed by atoms with Crippen LogP contribution in [0.25, 0.3) is 0 Å². The molecular formula is C14H27NO3. The number of rotatable bonds is 9. The minimum absolute atomic E-state index is 0.140. The maximum atomic E-state index is 11.8. The van der Waals surface area contributed by atoms with Crippen molar-refractivity contribution in [3.63, 3.8) is 0 Å². The Labute approximate surface area is 110 Å². The number of carboxylic acids is 1. The third-order valence-corrected chi connectivity index (χ3v) is 3.39. The first-order valence-electron chi connectivity index (χ1n) is 6.94. The summed E-state index contributed by atoms with van der Waals surface area (Å²) in [7, 11) is 0. The highest BCUT2D eigenvalue weighted by molar-refractivity contribution is 5.83. The molecule has 0 aliphatic carbocycles. The Kier molecular flexibility index (Phi) is 8.42. The van der Waals surface area contributed by atoms with Crippen molar-refractivity contribution in [2.24, 2.45) is 11.8 Å². The van der Waals surface area contributed by atoms with Crippen molar-refractivity contribution in [3.05, 3.63) is 0 Å². The number of carbonyl (C=O) groups excluding carboxylic acids is 1. The van der Waals surface area contributed by atoms with Crippen LogP contribution in [-0.2, 0) is 9.59 Å². The predicted molar refractivity (Wildman–Crippen MR) is 72.3 cm³/mol. The third-order valence-electron chi connectivity index (χ3n) is 3.39. The van der Waals surface area contributed by atoms with Gasteiger partial charge in [-0.05, 0) is 18.3 Å². The average molecular weight is 257 g/mol. The lowest BCUT2D eigenvalue weighted by molar-refractivity contribution is -0.142. The first-order valence-corrected chi connectivity index (χ1v) is 6.94. The molecule has 0 aliphatic rings. The Hall–Kier alpha value is -1.06.